The van der Waals surface area contributed by atoms with Gasteiger partial charge in [0.15, 0.2) is 0 Å². The van der Waals surface area contributed by atoms with Crippen molar-refractivity contribution in [2.75, 3.05) is 6.61 Å². The van der Waals surface area contributed by atoms with E-state index in [0.29, 0.717) is 5.41 Å². The smallest absolute Gasteiger partial charge is 0.854 e. The van der Waals surface area contributed by atoms with Crippen molar-refractivity contribution in [3.05, 3.63) is 0 Å². The first-order chi connectivity index (χ1) is 4.06. The molecule has 0 aliphatic rings. The molecule has 0 N–H and O–H groups in total. The summed E-state index contributed by atoms with van der Waals surface area (Å²) in [6.07, 6.45) is 3.11. The van der Waals surface area contributed by atoms with Crippen LogP contribution in [-0.2, 0) is 0 Å². The predicted octanol–water partition coefficient (Wildman–Crippen LogP) is -1.43. The third kappa shape index (κ3) is 12.3. The van der Waals surface area contributed by atoms with Crippen molar-refractivity contribution in [3.63, 3.8) is 0 Å². The first-order valence-corrected chi connectivity index (χ1v) is 3.64. The Bertz CT molecular complexity index is 66.1. The molecule has 0 spiro atoms. The van der Waals surface area contributed by atoms with Gasteiger partial charge in [-0.1, -0.05) is 33.6 Å². The summed E-state index contributed by atoms with van der Waals surface area (Å²) in [5, 5.41) is 10.0. The summed E-state index contributed by atoms with van der Waals surface area (Å²) in [4.78, 5) is 0. The van der Waals surface area contributed by atoms with Gasteiger partial charge in [-0.25, -0.2) is 0 Å². The fourth-order valence-corrected chi connectivity index (χ4v) is 0.757. The average molecular weight is 168 g/mol. The van der Waals surface area contributed by atoms with E-state index in [1.807, 2.05) is 0 Å². The van der Waals surface area contributed by atoms with Gasteiger partial charge in [0.05, 0.1) is 0 Å². The summed E-state index contributed by atoms with van der Waals surface area (Å²) < 4.78 is 0. The molecule has 0 fully saturated rings. The van der Waals surface area contributed by atoms with E-state index in [-0.39, 0.29) is 58.0 Å². The van der Waals surface area contributed by atoms with Gasteiger partial charge < -0.3 is 5.11 Å². The monoisotopic (exact) mass is 168 g/mol. The van der Waals surface area contributed by atoms with E-state index in [2.05, 4.69) is 20.8 Å². The first-order valence-electron chi connectivity index (χ1n) is 3.64. The van der Waals surface area contributed by atoms with Gasteiger partial charge in [0.25, 0.3) is 0 Å². The Morgan fingerprint density at radius 3 is 1.90 bits per heavy atom. The number of hydrogen-bond acceptors (Lipinski definition) is 1. The third-order valence-electron chi connectivity index (χ3n) is 1.32. The van der Waals surface area contributed by atoms with Crippen LogP contribution in [0.2, 0.25) is 0 Å². The normalized spacial score (nSPS) is 10.8. The molecule has 0 unspecified atom stereocenters. The van der Waals surface area contributed by atoms with Crippen molar-refractivity contribution in [2.24, 2.45) is 5.41 Å². The molecule has 10 heavy (non-hydrogen) atoms. The van der Waals surface area contributed by atoms with E-state index in [1.54, 1.807) is 0 Å². The molecule has 1 nitrogen and oxygen atoms in total. The summed E-state index contributed by atoms with van der Waals surface area (Å²) in [6.45, 7) is 6.71. The molecule has 0 rings (SSSR count). The van der Waals surface area contributed by atoms with Crippen LogP contribution in [-0.4, -0.2) is 6.61 Å². The third-order valence-corrected chi connectivity index (χ3v) is 1.32. The van der Waals surface area contributed by atoms with Gasteiger partial charge in [0.1, 0.15) is 0 Å². The van der Waals surface area contributed by atoms with Gasteiger partial charge in [0, 0.05) is 0 Å². The molecule has 0 radical (unpaired) electrons. The van der Waals surface area contributed by atoms with Crippen LogP contribution in [0.4, 0.5) is 0 Å². The van der Waals surface area contributed by atoms with Gasteiger partial charge >= 0.3 is 51.4 Å². The summed E-state index contributed by atoms with van der Waals surface area (Å²) >= 11 is 0. The van der Waals surface area contributed by atoms with Crippen LogP contribution in [0.15, 0.2) is 0 Å². The van der Waals surface area contributed by atoms with Crippen LogP contribution in [0.1, 0.15) is 40.0 Å². The van der Waals surface area contributed by atoms with E-state index < -0.39 is 0 Å². The number of rotatable bonds is 3. The molecule has 0 atom stereocenters. The van der Waals surface area contributed by atoms with Crippen LogP contribution in [0.25, 0.3) is 0 Å². The standard InChI is InChI=1S/C8H17O.K/c1-8(2,3)6-4-5-7-9;/h4-7H2,1-3H3;/q-1;+1. The quantitative estimate of drug-likeness (QED) is 0.374. The van der Waals surface area contributed by atoms with E-state index in [1.165, 1.54) is 6.42 Å². The van der Waals surface area contributed by atoms with Gasteiger partial charge in [-0.05, 0) is 11.8 Å². The van der Waals surface area contributed by atoms with E-state index in [4.69, 9.17) is 0 Å². The average Bonchev–Trinajstić information content (AvgIpc) is 1.63. The molecule has 0 aromatic heterocycles. The second kappa shape index (κ2) is 7.26. The molecule has 0 aliphatic carbocycles. The topological polar surface area (TPSA) is 23.1 Å². The molecule has 0 saturated carbocycles. The molecule has 0 heterocycles. The van der Waals surface area contributed by atoms with Gasteiger partial charge in [-0.3, -0.25) is 0 Å². The number of unbranched alkanes of at least 4 members (excludes halogenated alkanes) is 1. The Labute approximate surface area is 107 Å². The Kier molecular flexibility index (Phi) is 10.3. The molecular weight excluding hydrogens is 151 g/mol. The van der Waals surface area contributed by atoms with E-state index in [9.17, 15) is 5.11 Å². The van der Waals surface area contributed by atoms with E-state index in [0.717, 1.165) is 12.8 Å². The van der Waals surface area contributed by atoms with Crippen molar-refractivity contribution in [2.45, 2.75) is 40.0 Å². The molecule has 0 aliphatic heterocycles. The second-order valence-corrected chi connectivity index (χ2v) is 3.72. The van der Waals surface area contributed by atoms with Crippen LogP contribution >= 0.6 is 0 Å². The van der Waals surface area contributed by atoms with Crippen molar-refractivity contribution in [3.8, 4) is 0 Å². The van der Waals surface area contributed by atoms with Crippen LogP contribution in [0.3, 0.4) is 0 Å². The van der Waals surface area contributed by atoms with Crippen molar-refractivity contribution < 1.29 is 56.5 Å². The fraction of sp³-hybridized carbons (Fsp3) is 1.00. The maximum absolute atomic E-state index is 10.0. The first kappa shape index (κ1) is 14.1. The van der Waals surface area contributed by atoms with Crippen molar-refractivity contribution in [1.82, 2.24) is 0 Å². The Balaban J connectivity index is 0. The van der Waals surface area contributed by atoms with Crippen LogP contribution in [0.5, 0.6) is 0 Å². The summed E-state index contributed by atoms with van der Waals surface area (Å²) in [6, 6.07) is 0. The SMILES string of the molecule is CC(C)(C)CCCC[O-].[K+]. The zero-order valence-electron chi connectivity index (χ0n) is 7.74. The maximum atomic E-state index is 10.0. The number of hydrogen-bond donors (Lipinski definition) is 0. The zero-order valence-corrected chi connectivity index (χ0v) is 10.9. The minimum Gasteiger partial charge on any atom is -0.854 e. The molecule has 2 heteroatoms. The molecule has 0 bridgehead atoms. The molecular formula is C8H17KO. The van der Waals surface area contributed by atoms with Crippen LogP contribution in [0, 0.1) is 5.41 Å². The summed E-state index contributed by atoms with van der Waals surface area (Å²) in [5.41, 5.74) is 0.412. The molecule has 0 saturated heterocycles. The zero-order chi connectivity index (χ0) is 7.33. The van der Waals surface area contributed by atoms with E-state index >= 15 is 0 Å². The van der Waals surface area contributed by atoms with Gasteiger partial charge in [-0.15, -0.1) is 6.61 Å². The fourth-order valence-electron chi connectivity index (χ4n) is 0.757. The van der Waals surface area contributed by atoms with Crippen LogP contribution < -0.4 is 56.5 Å². The Morgan fingerprint density at radius 1 is 1.10 bits per heavy atom. The largest absolute Gasteiger partial charge is 1.00 e. The minimum atomic E-state index is 0. The van der Waals surface area contributed by atoms with Crippen molar-refractivity contribution >= 4 is 0 Å². The van der Waals surface area contributed by atoms with Crippen molar-refractivity contribution in [1.29, 1.82) is 0 Å². The van der Waals surface area contributed by atoms with Gasteiger partial charge in [0.2, 0.25) is 0 Å². The summed E-state index contributed by atoms with van der Waals surface area (Å²) in [7, 11) is 0. The molecule has 0 aromatic carbocycles. The second-order valence-electron chi connectivity index (χ2n) is 3.72. The molecule has 56 valence electrons. The van der Waals surface area contributed by atoms with Gasteiger partial charge in [-0.2, -0.15) is 0 Å². The minimum absolute atomic E-state index is 0. The Hall–Kier alpha value is 1.60. The maximum Gasteiger partial charge on any atom is 1.00 e. The Morgan fingerprint density at radius 2 is 1.60 bits per heavy atom. The molecule has 0 aromatic rings. The molecule has 0 amide bonds. The predicted molar refractivity (Wildman–Crippen MR) is 38.2 cm³/mol. The summed E-state index contributed by atoms with van der Waals surface area (Å²) in [5.74, 6) is 0.